The van der Waals surface area contributed by atoms with E-state index in [4.69, 9.17) is 0 Å². The van der Waals surface area contributed by atoms with E-state index in [1.165, 1.54) is 40.7 Å². The Morgan fingerprint density at radius 1 is 0.692 bits per heavy atom. The molecule has 0 N–H and O–H groups in total. The van der Waals surface area contributed by atoms with Crippen LogP contribution in [0.2, 0.25) is 0 Å². The van der Waals surface area contributed by atoms with E-state index in [1.807, 2.05) is 0 Å². The predicted molar refractivity (Wildman–Crippen MR) is 110 cm³/mol. The second-order valence-electron chi connectivity index (χ2n) is 7.90. The molecule has 0 heterocycles. The Morgan fingerprint density at radius 3 is 1.58 bits per heavy atom. The zero-order chi connectivity index (χ0) is 17.7. The molecule has 0 aromatic heterocycles. The standard InChI is InChI=1S/C26H24/c1-17(2)25-21-13-14-22(25)24-16-20(15-23(21)24)26(18-9-5-3-6-10-18)19-11-7-4-8-12-19/h3-12,15-16,21-22H,13-14H2,1-2H3/t21-,22-/m0/s1. The van der Waals surface area contributed by atoms with Gasteiger partial charge in [0.2, 0.25) is 0 Å². The van der Waals surface area contributed by atoms with Crippen molar-refractivity contribution >= 4 is 5.57 Å². The van der Waals surface area contributed by atoms with Gasteiger partial charge in [-0.15, -0.1) is 0 Å². The molecule has 0 heteroatoms. The Hall–Kier alpha value is -2.60. The van der Waals surface area contributed by atoms with Crippen molar-refractivity contribution in [2.45, 2.75) is 26.7 Å². The summed E-state index contributed by atoms with van der Waals surface area (Å²) in [6.45, 7) is 4.58. The van der Waals surface area contributed by atoms with Gasteiger partial charge in [0.25, 0.3) is 0 Å². The fraction of sp³-hybridized carbons (Fsp3) is 0.231. The smallest absolute Gasteiger partial charge is 0.00602 e. The summed E-state index contributed by atoms with van der Waals surface area (Å²) in [6.07, 6.45) is 7.62. The second-order valence-corrected chi connectivity index (χ2v) is 7.90. The lowest BCUT2D eigenvalue weighted by Crippen LogP contribution is -1.99. The summed E-state index contributed by atoms with van der Waals surface area (Å²) in [7, 11) is 0. The van der Waals surface area contributed by atoms with E-state index in [1.54, 1.807) is 16.7 Å². The van der Waals surface area contributed by atoms with Gasteiger partial charge in [-0.1, -0.05) is 84.0 Å². The lowest BCUT2D eigenvalue weighted by atomic mass is 9.92. The van der Waals surface area contributed by atoms with Crippen molar-refractivity contribution in [2.24, 2.45) is 11.8 Å². The van der Waals surface area contributed by atoms with Crippen molar-refractivity contribution in [1.82, 2.24) is 0 Å². The molecular formula is C26H24. The molecule has 3 aliphatic rings. The number of rotatable bonds is 2. The third kappa shape index (κ3) is 2.29. The van der Waals surface area contributed by atoms with Gasteiger partial charge < -0.3 is 0 Å². The summed E-state index contributed by atoms with van der Waals surface area (Å²) < 4.78 is 0. The average Bonchev–Trinajstić information content (AvgIpc) is 3.34. The third-order valence-corrected chi connectivity index (χ3v) is 6.19. The highest BCUT2D eigenvalue weighted by Crippen LogP contribution is 2.59. The van der Waals surface area contributed by atoms with Gasteiger partial charge in [0.1, 0.15) is 0 Å². The normalized spacial score (nSPS) is 23.0. The number of benzene rings is 2. The summed E-state index contributed by atoms with van der Waals surface area (Å²) in [5, 5.41) is 0. The molecule has 5 rings (SSSR count). The number of allylic oxidation sites excluding steroid dienone is 7. The Balaban J connectivity index is 1.70. The van der Waals surface area contributed by atoms with Crippen molar-refractivity contribution in [1.29, 1.82) is 0 Å². The molecule has 128 valence electrons. The first-order valence-corrected chi connectivity index (χ1v) is 9.70. The van der Waals surface area contributed by atoms with Crippen LogP contribution in [0.15, 0.2) is 101 Å². The molecule has 0 radical (unpaired) electrons. The SMILES string of the molecule is CC(C)=C1[C@H]2CC[C@H]1C1=CC(=C(c3ccccc3)c3ccccc3)C=C12. The fourth-order valence-corrected chi connectivity index (χ4v) is 5.23. The minimum absolute atomic E-state index is 0.668. The Bertz CT molecular complexity index is 903. The molecule has 2 fully saturated rings. The molecule has 0 amide bonds. The highest BCUT2D eigenvalue weighted by atomic mass is 14.5. The molecule has 0 aliphatic heterocycles. The largest absolute Gasteiger partial charge is 0.0760 e. The summed E-state index contributed by atoms with van der Waals surface area (Å²) in [5.74, 6) is 1.34. The minimum atomic E-state index is 0.668. The van der Waals surface area contributed by atoms with E-state index in [9.17, 15) is 0 Å². The number of hydrogen-bond donors (Lipinski definition) is 0. The lowest BCUT2D eigenvalue weighted by molar-refractivity contribution is 0.658. The highest BCUT2D eigenvalue weighted by Gasteiger charge is 2.45. The van der Waals surface area contributed by atoms with E-state index in [2.05, 4.69) is 86.7 Å². The monoisotopic (exact) mass is 336 g/mol. The topological polar surface area (TPSA) is 0 Å². The van der Waals surface area contributed by atoms with Gasteiger partial charge in [0, 0.05) is 11.8 Å². The van der Waals surface area contributed by atoms with Crippen LogP contribution in [0.3, 0.4) is 0 Å². The molecule has 2 aromatic carbocycles. The van der Waals surface area contributed by atoms with Gasteiger partial charge in [0.05, 0.1) is 0 Å². The van der Waals surface area contributed by atoms with E-state index in [0.717, 1.165) is 0 Å². The van der Waals surface area contributed by atoms with E-state index < -0.39 is 0 Å². The predicted octanol–water partition coefficient (Wildman–Crippen LogP) is 6.73. The summed E-state index contributed by atoms with van der Waals surface area (Å²) in [5.41, 5.74) is 11.8. The van der Waals surface area contributed by atoms with Crippen LogP contribution in [0.4, 0.5) is 0 Å². The molecule has 3 aliphatic carbocycles. The second kappa shape index (κ2) is 5.99. The lowest BCUT2D eigenvalue weighted by Gasteiger charge is -2.12. The molecule has 0 spiro atoms. The fourth-order valence-electron chi connectivity index (χ4n) is 5.23. The van der Waals surface area contributed by atoms with Crippen molar-refractivity contribution in [3.63, 3.8) is 0 Å². The summed E-state index contributed by atoms with van der Waals surface area (Å²) >= 11 is 0. The van der Waals surface area contributed by atoms with Crippen LogP contribution >= 0.6 is 0 Å². The Morgan fingerprint density at radius 2 is 1.15 bits per heavy atom. The Kier molecular flexibility index (Phi) is 3.60. The van der Waals surface area contributed by atoms with Crippen LogP contribution in [-0.2, 0) is 0 Å². The maximum Gasteiger partial charge on any atom is 0.00602 e. The summed E-state index contributed by atoms with van der Waals surface area (Å²) in [6, 6.07) is 21.7. The third-order valence-electron chi connectivity index (χ3n) is 6.19. The molecule has 0 unspecified atom stereocenters. The Labute approximate surface area is 156 Å². The van der Waals surface area contributed by atoms with Crippen LogP contribution in [-0.4, -0.2) is 0 Å². The molecule has 2 saturated carbocycles. The van der Waals surface area contributed by atoms with Crippen LogP contribution < -0.4 is 0 Å². The molecule has 2 bridgehead atoms. The zero-order valence-corrected chi connectivity index (χ0v) is 15.5. The van der Waals surface area contributed by atoms with Gasteiger partial charge in [0.15, 0.2) is 0 Å². The van der Waals surface area contributed by atoms with Gasteiger partial charge in [-0.2, -0.15) is 0 Å². The quantitative estimate of drug-likeness (QED) is 0.533. The molecule has 2 atom stereocenters. The maximum atomic E-state index is 2.48. The van der Waals surface area contributed by atoms with Crippen LogP contribution in [0.25, 0.3) is 5.57 Å². The average molecular weight is 336 g/mol. The van der Waals surface area contributed by atoms with E-state index in [-0.39, 0.29) is 0 Å². The first kappa shape index (κ1) is 15.6. The maximum absolute atomic E-state index is 2.48. The van der Waals surface area contributed by atoms with Crippen molar-refractivity contribution < 1.29 is 0 Å². The first-order chi connectivity index (χ1) is 12.7. The van der Waals surface area contributed by atoms with Gasteiger partial charge >= 0.3 is 0 Å². The molecule has 0 nitrogen and oxygen atoms in total. The van der Waals surface area contributed by atoms with E-state index in [0.29, 0.717) is 11.8 Å². The molecule has 0 saturated heterocycles. The van der Waals surface area contributed by atoms with Crippen molar-refractivity contribution in [2.75, 3.05) is 0 Å². The summed E-state index contributed by atoms with van der Waals surface area (Å²) in [4.78, 5) is 0. The van der Waals surface area contributed by atoms with Gasteiger partial charge in [-0.25, -0.2) is 0 Å². The van der Waals surface area contributed by atoms with Crippen molar-refractivity contribution in [3.05, 3.63) is 112 Å². The van der Waals surface area contributed by atoms with Gasteiger partial charge in [-0.05, 0) is 60.1 Å². The van der Waals surface area contributed by atoms with Gasteiger partial charge in [-0.3, -0.25) is 0 Å². The molecular weight excluding hydrogens is 312 g/mol. The number of hydrogen-bond acceptors (Lipinski definition) is 0. The molecule has 26 heavy (non-hydrogen) atoms. The number of fused-ring (bicyclic) bond motifs is 5. The minimum Gasteiger partial charge on any atom is -0.0760 e. The van der Waals surface area contributed by atoms with Crippen molar-refractivity contribution in [3.8, 4) is 0 Å². The van der Waals surface area contributed by atoms with Crippen LogP contribution in [0, 0.1) is 11.8 Å². The van der Waals surface area contributed by atoms with Crippen LogP contribution in [0.5, 0.6) is 0 Å². The first-order valence-electron chi connectivity index (χ1n) is 9.70. The highest BCUT2D eigenvalue weighted by molar-refractivity contribution is 5.87. The van der Waals surface area contributed by atoms with Crippen LogP contribution in [0.1, 0.15) is 37.8 Å². The molecule has 2 aromatic rings. The zero-order valence-electron chi connectivity index (χ0n) is 15.5. The van der Waals surface area contributed by atoms with E-state index >= 15 is 0 Å².